The van der Waals surface area contributed by atoms with Gasteiger partial charge in [0.25, 0.3) is 0 Å². The fourth-order valence-corrected chi connectivity index (χ4v) is 8.98. The Kier molecular flexibility index (Phi) is 13.6. The molecule has 0 aromatic heterocycles. The lowest BCUT2D eigenvalue weighted by molar-refractivity contribution is -0.117. The highest BCUT2D eigenvalue weighted by Crippen LogP contribution is 2.39. The van der Waals surface area contributed by atoms with Crippen molar-refractivity contribution in [3.8, 4) is 22.3 Å². The van der Waals surface area contributed by atoms with Crippen LogP contribution < -0.4 is 0 Å². The summed E-state index contributed by atoms with van der Waals surface area (Å²) in [5, 5.41) is 0. The van der Waals surface area contributed by atoms with E-state index in [1.165, 1.54) is 136 Å². The van der Waals surface area contributed by atoms with Crippen LogP contribution in [0.15, 0.2) is 97.1 Å². The highest BCUT2D eigenvalue weighted by atomic mass is 16.1. The van der Waals surface area contributed by atoms with Crippen molar-refractivity contribution in [2.24, 2.45) is 11.8 Å². The quantitative estimate of drug-likeness (QED) is 0.109. The van der Waals surface area contributed by atoms with Crippen LogP contribution in [-0.2, 0) is 17.6 Å². The molecule has 2 saturated carbocycles. The first kappa shape index (κ1) is 36.3. The van der Waals surface area contributed by atoms with E-state index in [1.54, 1.807) is 0 Å². The number of Topliss-reactive ketones (excluding diaryl/α,β-unsaturated/α-hetero) is 1. The Morgan fingerprint density at radius 1 is 0.440 bits per heavy atom. The number of ketones is 1. The van der Waals surface area contributed by atoms with E-state index < -0.39 is 0 Å². The number of benzene rings is 4. The Morgan fingerprint density at radius 2 is 0.760 bits per heavy atom. The smallest absolute Gasteiger partial charge is 0.141 e. The lowest BCUT2D eigenvalue weighted by Gasteiger charge is -2.29. The maximum Gasteiger partial charge on any atom is 0.141 e. The van der Waals surface area contributed by atoms with Crippen LogP contribution in [-0.4, -0.2) is 5.78 Å². The molecule has 0 spiro atoms. The lowest BCUT2D eigenvalue weighted by Crippen LogP contribution is -2.13. The third-order valence-corrected chi connectivity index (χ3v) is 12.3. The van der Waals surface area contributed by atoms with Gasteiger partial charge < -0.3 is 0 Å². The molecule has 0 heterocycles. The second kappa shape index (κ2) is 18.7. The van der Waals surface area contributed by atoms with E-state index in [-0.39, 0.29) is 5.78 Å². The van der Waals surface area contributed by atoms with Crippen LogP contribution in [0.4, 0.5) is 0 Å². The first-order valence-corrected chi connectivity index (χ1v) is 20.5. The Hall–Kier alpha value is -3.45. The summed E-state index contributed by atoms with van der Waals surface area (Å²) >= 11 is 0. The number of hydrogen-bond donors (Lipinski definition) is 0. The molecule has 0 unspecified atom stereocenters. The molecule has 2 aliphatic rings. The minimum absolute atomic E-state index is 0.263. The van der Waals surface area contributed by atoms with Crippen LogP contribution in [0.1, 0.15) is 151 Å². The summed E-state index contributed by atoms with van der Waals surface area (Å²) in [6, 6.07) is 35.8. The topological polar surface area (TPSA) is 17.1 Å². The van der Waals surface area contributed by atoms with Gasteiger partial charge in [-0.05, 0) is 120 Å². The van der Waals surface area contributed by atoms with Gasteiger partial charge in [0.15, 0.2) is 0 Å². The average molecular weight is 667 g/mol. The van der Waals surface area contributed by atoms with Gasteiger partial charge in [-0.25, -0.2) is 0 Å². The Bertz CT molecular complexity index is 1440. The summed E-state index contributed by atoms with van der Waals surface area (Å²) in [4.78, 5) is 13.0. The Labute approximate surface area is 304 Å². The van der Waals surface area contributed by atoms with Crippen molar-refractivity contribution in [2.45, 2.75) is 141 Å². The molecule has 0 aliphatic heterocycles. The fourth-order valence-electron chi connectivity index (χ4n) is 8.98. The van der Waals surface area contributed by atoms with Gasteiger partial charge in [0.2, 0.25) is 0 Å². The number of carbonyl (C=O) groups is 1. The van der Waals surface area contributed by atoms with Crippen LogP contribution in [0.25, 0.3) is 22.3 Å². The zero-order valence-electron chi connectivity index (χ0n) is 31.2. The molecule has 1 nitrogen and oxygen atoms in total. The molecule has 0 radical (unpaired) electrons. The maximum atomic E-state index is 13.0. The Balaban J connectivity index is 0.942. The zero-order valence-corrected chi connectivity index (χ0v) is 31.2. The van der Waals surface area contributed by atoms with E-state index in [2.05, 4.69) is 111 Å². The molecule has 2 aliphatic carbocycles. The zero-order chi connectivity index (χ0) is 34.5. The number of hydrogen-bond acceptors (Lipinski definition) is 1. The second-order valence-electron chi connectivity index (χ2n) is 16.0. The normalized spacial score (nSPS) is 20.8. The molecule has 4 aromatic rings. The van der Waals surface area contributed by atoms with Crippen molar-refractivity contribution < 1.29 is 4.79 Å². The first-order valence-electron chi connectivity index (χ1n) is 20.5. The van der Waals surface area contributed by atoms with Gasteiger partial charge >= 0.3 is 0 Å². The number of rotatable bonds is 16. The second-order valence-corrected chi connectivity index (χ2v) is 16.0. The van der Waals surface area contributed by atoms with Gasteiger partial charge in [0.1, 0.15) is 5.78 Å². The third kappa shape index (κ3) is 10.3. The molecule has 264 valence electrons. The van der Waals surface area contributed by atoms with Crippen LogP contribution in [0.5, 0.6) is 0 Å². The van der Waals surface area contributed by atoms with Crippen LogP contribution >= 0.6 is 0 Å². The van der Waals surface area contributed by atoms with Gasteiger partial charge in [-0.1, -0.05) is 162 Å². The summed E-state index contributed by atoms with van der Waals surface area (Å²) < 4.78 is 0. The molecule has 6 rings (SSSR count). The molecule has 4 aromatic carbocycles. The Morgan fingerprint density at radius 3 is 1.08 bits per heavy atom. The number of unbranched alkanes of at least 4 members (excludes halogenated alkanes) is 4. The SMILES string of the molecule is CCCCCC1CCC(c2ccc(-c3ccc(CC(=O)Cc4ccc(-c5ccc(C6CCC(CCCCC)CC6)cc5)cc4)cc3)cc2)CC1. The van der Waals surface area contributed by atoms with E-state index >= 15 is 0 Å². The predicted molar refractivity (Wildman–Crippen MR) is 214 cm³/mol. The highest BCUT2D eigenvalue weighted by Gasteiger charge is 2.23. The van der Waals surface area contributed by atoms with Gasteiger partial charge in [0.05, 0.1) is 0 Å². The van der Waals surface area contributed by atoms with Crippen LogP contribution in [0.2, 0.25) is 0 Å². The fraction of sp³-hybridized carbons (Fsp3) is 0.490. The van der Waals surface area contributed by atoms with Crippen LogP contribution in [0.3, 0.4) is 0 Å². The number of carbonyl (C=O) groups excluding carboxylic acids is 1. The van der Waals surface area contributed by atoms with Crippen molar-refractivity contribution >= 4 is 5.78 Å². The van der Waals surface area contributed by atoms with E-state index in [4.69, 9.17) is 0 Å². The van der Waals surface area contributed by atoms with Crippen molar-refractivity contribution in [1.82, 2.24) is 0 Å². The van der Waals surface area contributed by atoms with Crippen molar-refractivity contribution in [1.29, 1.82) is 0 Å². The molecule has 50 heavy (non-hydrogen) atoms. The van der Waals surface area contributed by atoms with E-state index in [9.17, 15) is 4.79 Å². The summed E-state index contributed by atoms with van der Waals surface area (Å²) in [7, 11) is 0. The van der Waals surface area contributed by atoms with Crippen molar-refractivity contribution in [3.05, 3.63) is 119 Å². The molecular weight excluding hydrogens is 605 g/mol. The minimum atomic E-state index is 0.263. The van der Waals surface area contributed by atoms with E-state index in [0.717, 1.165) is 34.8 Å². The lowest BCUT2D eigenvalue weighted by atomic mass is 9.77. The molecule has 0 amide bonds. The minimum Gasteiger partial charge on any atom is -0.299 e. The summed E-state index contributed by atoms with van der Waals surface area (Å²) in [6.45, 7) is 4.60. The maximum absolute atomic E-state index is 13.0. The molecule has 0 saturated heterocycles. The molecule has 0 N–H and O–H groups in total. The monoisotopic (exact) mass is 666 g/mol. The summed E-state index contributed by atoms with van der Waals surface area (Å²) in [6.07, 6.45) is 23.1. The van der Waals surface area contributed by atoms with Gasteiger partial charge in [-0.15, -0.1) is 0 Å². The van der Waals surface area contributed by atoms with Crippen LogP contribution in [0, 0.1) is 11.8 Å². The van der Waals surface area contributed by atoms with Gasteiger partial charge in [-0.2, -0.15) is 0 Å². The van der Waals surface area contributed by atoms with Gasteiger partial charge in [0, 0.05) is 12.8 Å². The van der Waals surface area contributed by atoms with E-state index in [1.807, 2.05) is 0 Å². The molecule has 0 bridgehead atoms. The summed E-state index contributed by atoms with van der Waals surface area (Å²) in [5.74, 6) is 3.62. The van der Waals surface area contributed by atoms with E-state index in [0.29, 0.717) is 12.8 Å². The average Bonchev–Trinajstić information content (AvgIpc) is 3.16. The molecule has 2 fully saturated rings. The predicted octanol–water partition coefficient (Wildman–Crippen LogP) is 14.1. The molecule has 0 atom stereocenters. The standard InChI is InChI=1S/C49H62O/c1-3-5-7-9-37-11-19-41(20-12-37)45-27-31-47(32-28-45)43-23-15-39(16-24-43)35-49(50)36-40-17-25-44(26-18-40)48-33-29-46(30-34-48)42-21-13-38(14-22-42)10-8-6-4-2/h15-18,23-34,37-38,41-42H,3-14,19-22,35-36H2,1-2H3. The highest BCUT2D eigenvalue weighted by molar-refractivity contribution is 5.83. The molecule has 1 heteroatoms. The largest absolute Gasteiger partial charge is 0.299 e. The third-order valence-electron chi connectivity index (χ3n) is 12.3. The first-order chi connectivity index (χ1) is 24.6. The molecular formula is C49H62O. The van der Waals surface area contributed by atoms with Crippen molar-refractivity contribution in [2.75, 3.05) is 0 Å². The van der Waals surface area contributed by atoms with Gasteiger partial charge in [-0.3, -0.25) is 4.79 Å². The van der Waals surface area contributed by atoms with Crippen molar-refractivity contribution in [3.63, 3.8) is 0 Å². The summed E-state index contributed by atoms with van der Waals surface area (Å²) in [5.41, 5.74) is 10.2.